The first-order valence-electron chi connectivity index (χ1n) is 5.85. The first-order chi connectivity index (χ1) is 7.63. The fraction of sp³-hybridized carbons (Fsp3) is 0.333. The van der Waals surface area contributed by atoms with Crippen LogP contribution in [0.25, 0.3) is 10.8 Å². The van der Waals surface area contributed by atoms with Gasteiger partial charge < -0.3 is 5.73 Å². The van der Waals surface area contributed by atoms with E-state index in [-0.39, 0.29) is 0 Å². The summed E-state index contributed by atoms with van der Waals surface area (Å²) in [5.41, 5.74) is 9.74. The van der Waals surface area contributed by atoms with Gasteiger partial charge in [0.25, 0.3) is 0 Å². The molecule has 0 aliphatic carbocycles. The Bertz CT molecular complexity index is 512. The van der Waals surface area contributed by atoms with Crippen LogP contribution in [0.2, 0.25) is 0 Å². The second-order valence-electron chi connectivity index (χ2n) is 4.72. The minimum Gasteiger partial charge on any atom is -0.326 e. The van der Waals surface area contributed by atoms with Gasteiger partial charge in [0, 0.05) is 6.54 Å². The third kappa shape index (κ3) is 1.83. The van der Waals surface area contributed by atoms with Gasteiger partial charge in [0.15, 0.2) is 0 Å². The Morgan fingerprint density at radius 1 is 1.06 bits per heavy atom. The molecular formula is C15H19N. The van der Waals surface area contributed by atoms with E-state index in [0.29, 0.717) is 12.5 Å². The van der Waals surface area contributed by atoms with Crippen molar-refractivity contribution in [3.05, 3.63) is 47.0 Å². The third-order valence-electron chi connectivity index (χ3n) is 3.14. The molecule has 0 aliphatic heterocycles. The van der Waals surface area contributed by atoms with E-state index in [2.05, 4.69) is 51.1 Å². The molecule has 0 unspecified atom stereocenters. The maximum absolute atomic E-state index is 5.78. The third-order valence-corrected chi connectivity index (χ3v) is 3.14. The Labute approximate surface area is 97.3 Å². The topological polar surface area (TPSA) is 26.0 Å². The fourth-order valence-electron chi connectivity index (χ4n) is 2.23. The smallest absolute Gasteiger partial charge is 0.0184 e. The van der Waals surface area contributed by atoms with Gasteiger partial charge in [-0.15, -0.1) is 0 Å². The molecule has 0 spiro atoms. The van der Waals surface area contributed by atoms with Crippen LogP contribution in [0, 0.1) is 6.92 Å². The van der Waals surface area contributed by atoms with E-state index in [4.69, 9.17) is 5.73 Å². The summed E-state index contributed by atoms with van der Waals surface area (Å²) in [4.78, 5) is 0. The highest BCUT2D eigenvalue weighted by Crippen LogP contribution is 2.28. The predicted octanol–water partition coefficient (Wildman–Crippen LogP) is 3.73. The number of fused-ring (bicyclic) bond motifs is 1. The van der Waals surface area contributed by atoms with Crippen molar-refractivity contribution in [2.24, 2.45) is 5.73 Å². The molecular weight excluding hydrogens is 194 g/mol. The zero-order valence-corrected chi connectivity index (χ0v) is 10.2. The van der Waals surface area contributed by atoms with Gasteiger partial charge in [0.1, 0.15) is 0 Å². The molecule has 1 heteroatoms. The number of hydrogen-bond donors (Lipinski definition) is 1. The van der Waals surface area contributed by atoms with Gasteiger partial charge >= 0.3 is 0 Å². The van der Waals surface area contributed by atoms with Crippen molar-refractivity contribution in [2.75, 3.05) is 0 Å². The lowest BCUT2D eigenvalue weighted by Crippen LogP contribution is -1.99. The molecule has 2 aromatic rings. The van der Waals surface area contributed by atoms with E-state index in [1.54, 1.807) is 0 Å². The van der Waals surface area contributed by atoms with Crippen LogP contribution < -0.4 is 5.73 Å². The quantitative estimate of drug-likeness (QED) is 0.808. The summed E-state index contributed by atoms with van der Waals surface area (Å²) < 4.78 is 0. The number of nitrogens with two attached hydrogens (primary N) is 1. The van der Waals surface area contributed by atoms with Crippen molar-refractivity contribution in [1.82, 2.24) is 0 Å². The molecule has 0 bridgehead atoms. The van der Waals surface area contributed by atoms with Crippen LogP contribution in [0.4, 0.5) is 0 Å². The molecule has 0 radical (unpaired) electrons. The van der Waals surface area contributed by atoms with Crippen LogP contribution in [-0.2, 0) is 6.54 Å². The summed E-state index contributed by atoms with van der Waals surface area (Å²) in [5.74, 6) is 0.552. The second-order valence-corrected chi connectivity index (χ2v) is 4.72. The van der Waals surface area contributed by atoms with Gasteiger partial charge in [0.05, 0.1) is 0 Å². The Morgan fingerprint density at radius 3 is 2.44 bits per heavy atom. The van der Waals surface area contributed by atoms with Crippen molar-refractivity contribution >= 4 is 10.8 Å². The zero-order chi connectivity index (χ0) is 11.7. The van der Waals surface area contributed by atoms with Crippen LogP contribution in [0.15, 0.2) is 30.3 Å². The van der Waals surface area contributed by atoms with Crippen LogP contribution in [0.1, 0.15) is 36.5 Å². The standard InChI is InChI=1S/C15H19N/c1-10(2)13-7-5-12(9-16)14-6-4-11(3)8-15(13)14/h4-8,10H,9,16H2,1-3H3. The van der Waals surface area contributed by atoms with Crippen molar-refractivity contribution in [3.63, 3.8) is 0 Å². The maximum Gasteiger partial charge on any atom is 0.0184 e. The van der Waals surface area contributed by atoms with Crippen LogP contribution in [0.5, 0.6) is 0 Å². The average Bonchev–Trinajstić information content (AvgIpc) is 2.26. The normalized spacial score (nSPS) is 11.3. The molecule has 84 valence electrons. The monoisotopic (exact) mass is 213 g/mol. The van der Waals surface area contributed by atoms with Crippen molar-refractivity contribution in [2.45, 2.75) is 33.2 Å². The number of benzene rings is 2. The molecule has 2 aromatic carbocycles. The van der Waals surface area contributed by atoms with Crippen LogP contribution >= 0.6 is 0 Å². The maximum atomic E-state index is 5.78. The molecule has 0 aromatic heterocycles. The molecule has 0 fully saturated rings. The molecule has 1 nitrogen and oxygen atoms in total. The molecule has 0 amide bonds. The lowest BCUT2D eigenvalue weighted by molar-refractivity contribution is 0.875. The number of aryl methyl sites for hydroxylation is 1. The van der Waals surface area contributed by atoms with Crippen molar-refractivity contribution in [1.29, 1.82) is 0 Å². The summed E-state index contributed by atoms with van der Waals surface area (Å²) in [6.45, 7) is 7.22. The molecule has 0 aliphatic rings. The Balaban J connectivity index is 2.80. The highest BCUT2D eigenvalue weighted by Gasteiger charge is 2.07. The minimum atomic E-state index is 0.552. The van der Waals surface area contributed by atoms with E-state index in [1.165, 1.54) is 27.5 Å². The average molecular weight is 213 g/mol. The second kappa shape index (κ2) is 4.26. The van der Waals surface area contributed by atoms with Gasteiger partial charge in [-0.3, -0.25) is 0 Å². The van der Waals surface area contributed by atoms with Gasteiger partial charge in [-0.2, -0.15) is 0 Å². The van der Waals surface area contributed by atoms with Crippen molar-refractivity contribution < 1.29 is 0 Å². The molecule has 16 heavy (non-hydrogen) atoms. The highest BCUT2D eigenvalue weighted by atomic mass is 14.5. The Hall–Kier alpha value is -1.34. The van der Waals surface area contributed by atoms with Gasteiger partial charge in [-0.1, -0.05) is 49.7 Å². The fourth-order valence-corrected chi connectivity index (χ4v) is 2.23. The van der Waals surface area contributed by atoms with Gasteiger partial charge in [-0.25, -0.2) is 0 Å². The molecule has 0 atom stereocenters. The van der Waals surface area contributed by atoms with Gasteiger partial charge in [0.2, 0.25) is 0 Å². The first kappa shape index (κ1) is 11.2. The molecule has 0 saturated carbocycles. The van der Waals surface area contributed by atoms with E-state index >= 15 is 0 Å². The van der Waals surface area contributed by atoms with E-state index in [9.17, 15) is 0 Å². The summed E-state index contributed by atoms with van der Waals surface area (Å²) in [6.07, 6.45) is 0. The minimum absolute atomic E-state index is 0.552. The van der Waals surface area contributed by atoms with E-state index in [0.717, 1.165) is 0 Å². The highest BCUT2D eigenvalue weighted by molar-refractivity contribution is 5.89. The molecule has 0 heterocycles. The number of hydrogen-bond acceptors (Lipinski definition) is 1. The van der Waals surface area contributed by atoms with Crippen LogP contribution in [-0.4, -0.2) is 0 Å². The lowest BCUT2D eigenvalue weighted by Gasteiger charge is -2.13. The molecule has 2 N–H and O–H groups in total. The van der Waals surface area contributed by atoms with Crippen LogP contribution in [0.3, 0.4) is 0 Å². The van der Waals surface area contributed by atoms with E-state index < -0.39 is 0 Å². The summed E-state index contributed by atoms with van der Waals surface area (Å²) in [7, 11) is 0. The predicted molar refractivity (Wildman–Crippen MR) is 70.7 cm³/mol. The summed E-state index contributed by atoms with van der Waals surface area (Å²) in [6, 6.07) is 11.0. The SMILES string of the molecule is Cc1ccc2c(CN)ccc(C(C)C)c2c1. The number of rotatable bonds is 2. The largest absolute Gasteiger partial charge is 0.326 e. The summed E-state index contributed by atoms with van der Waals surface area (Å²) in [5, 5.41) is 2.66. The molecule has 0 saturated heterocycles. The van der Waals surface area contributed by atoms with E-state index in [1.807, 2.05) is 0 Å². The van der Waals surface area contributed by atoms with Gasteiger partial charge in [-0.05, 0) is 34.7 Å². The Kier molecular flexibility index (Phi) is 2.97. The molecule has 2 rings (SSSR count). The zero-order valence-electron chi connectivity index (χ0n) is 10.2. The lowest BCUT2D eigenvalue weighted by atomic mass is 9.92. The summed E-state index contributed by atoms with van der Waals surface area (Å²) >= 11 is 0. The first-order valence-corrected chi connectivity index (χ1v) is 5.85. The Morgan fingerprint density at radius 2 is 1.81 bits per heavy atom. The van der Waals surface area contributed by atoms with Crippen molar-refractivity contribution in [3.8, 4) is 0 Å².